The average molecular weight is 286 g/mol. The summed E-state index contributed by atoms with van der Waals surface area (Å²) in [5.41, 5.74) is 3.71. The van der Waals surface area contributed by atoms with E-state index < -0.39 is 0 Å². The third kappa shape index (κ3) is 2.74. The molecule has 1 heterocycles. The lowest BCUT2D eigenvalue weighted by molar-refractivity contribution is 0.633. The molecule has 0 atom stereocenters. The van der Waals surface area contributed by atoms with Gasteiger partial charge in [0.2, 0.25) is 0 Å². The molecule has 3 heteroatoms. The molecule has 0 bridgehead atoms. The molecule has 0 saturated heterocycles. The molecule has 112 valence electrons. The molecule has 2 nitrogen and oxygen atoms in total. The van der Waals surface area contributed by atoms with Crippen molar-refractivity contribution in [3.8, 4) is 0 Å². The van der Waals surface area contributed by atoms with Gasteiger partial charge in [-0.05, 0) is 43.9 Å². The van der Waals surface area contributed by atoms with Crippen molar-refractivity contribution in [2.75, 3.05) is 11.9 Å². The van der Waals surface area contributed by atoms with Crippen molar-refractivity contribution in [2.45, 2.75) is 51.9 Å². The van der Waals surface area contributed by atoms with Crippen LogP contribution in [0.15, 0.2) is 18.2 Å². The number of pyridine rings is 1. The third-order valence-electron chi connectivity index (χ3n) is 4.48. The van der Waals surface area contributed by atoms with Crippen molar-refractivity contribution in [2.24, 2.45) is 0 Å². The smallest absolute Gasteiger partial charge is 0.149 e. The zero-order chi connectivity index (χ0) is 14.8. The Kier molecular flexibility index (Phi) is 4.09. The zero-order valence-electron chi connectivity index (χ0n) is 12.9. The van der Waals surface area contributed by atoms with Crippen LogP contribution in [0.4, 0.5) is 10.1 Å². The monoisotopic (exact) mass is 286 g/mol. The number of halogens is 1. The normalized spacial score (nSPS) is 15.8. The fraction of sp³-hybridized carbons (Fsp3) is 0.500. The van der Waals surface area contributed by atoms with Crippen LogP contribution < -0.4 is 5.32 Å². The van der Waals surface area contributed by atoms with Gasteiger partial charge in [-0.15, -0.1) is 0 Å². The van der Waals surface area contributed by atoms with Crippen molar-refractivity contribution in [3.05, 3.63) is 35.3 Å². The molecule has 0 amide bonds. The minimum atomic E-state index is -0.213. The van der Waals surface area contributed by atoms with E-state index in [1.54, 1.807) is 0 Å². The molecule has 1 N–H and O–H groups in total. The Bertz CT molecular complexity index is 645. The van der Waals surface area contributed by atoms with Crippen LogP contribution in [0.2, 0.25) is 0 Å². The van der Waals surface area contributed by atoms with Crippen molar-refractivity contribution in [1.29, 1.82) is 0 Å². The Balaban J connectivity index is 2.16. The predicted octanol–water partition coefficient (Wildman–Crippen LogP) is 5.16. The van der Waals surface area contributed by atoms with Gasteiger partial charge in [0.05, 0.1) is 0 Å². The van der Waals surface area contributed by atoms with Crippen molar-refractivity contribution in [1.82, 2.24) is 4.98 Å². The number of benzene rings is 1. The molecule has 0 spiro atoms. The van der Waals surface area contributed by atoms with Gasteiger partial charge >= 0.3 is 0 Å². The number of fused-ring (bicyclic) bond motifs is 1. The van der Waals surface area contributed by atoms with Crippen LogP contribution in [-0.4, -0.2) is 11.5 Å². The van der Waals surface area contributed by atoms with Gasteiger partial charge in [-0.25, -0.2) is 9.37 Å². The average Bonchev–Trinajstić information content (AvgIpc) is 3.02. The summed E-state index contributed by atoms with van der Waals surface area (Å²) in [7, 11) is 0. The topological polar surface area (TPSA) is 24.9 Å². The molecule has 0 unspecified atom stereocenters. The van der Waals surface area contributed by atoms with E-state index in [9.17, 15) is 4.39 Å². The quantitative estimate of drug-likeness (QED) is 0.839. The fourth-order valence-corrected chi connectivity index (χ4v) is 3.33. The molecule has 0 aliphatic heterocycles. The molecular formula is C18H23FN2. The summed E-state index contributed by atoms with van der Waals surface area (Å²) >= 11 is 0. The molecule has 1 fully saturated rings. The Labute approximate surface area is 125 Å². The van der Waals surface area contributed by atoms with Gasteiger partial charge in [0, 0.05) is 29.2 Å². The van der Waals surface area contributed by atoms with Crippen LogP contribution in [0.1, 0.15) is 56.2 Å². The number of nitrogens with zero attached hydrogens (tertiary/aromatic N) is 1. The van der Waals surface area contributed by atoms with Crippen molar-refractivity contribution in [3.63, 3.8) is 0 Å². The zero-order valence-corrected chi connectivity index (χ0v) is 12.9. The van der Waals surface area contributed by atoms with E-state index in [-0.39, 0.29) is 5.82 Å². The van der Waals surface area contributed by atoms with Crippen LogP contribution in [0.5, 0.6) is 0 Å². The van der Waals surface area contributed by atoms with E-state index in [0.717, 1.165) is 35.3 Å². The van der Waals surface area contributed by atoms with Gasteiger partial charge in [-0.2, -0.15) is 0 Å². The maximum atomic E-state index is 14.2. The molecule has 1 aromatic carbocycles. The van der Waals surface area contributed by atoms with Crippen LogP contribution in [-0.2, 0) is 0 Å². The fourth-order valence-electron chi connectivity index (χ4n) is 3.33. The lowest BCUT2D eigenvalue weighted by Gasteiger charge is -2.16. The Hall–Kier alpha value is -1.64. The highest BCUT2D eigenvalue weighted by Crippen LogP contribution is 2.37. The molecule has 3 rings (SSSR count). The highest BCUT2D eigenvalue weighted by molar-refractivity contribution is 5.94. The summed E-state index contributed by atoms with van der Waals surface area (Å²) in [6.07, 6.45) is 5.94. The molecule has 1 aliphatic carbocycles. The number of anilines is 1. The van der Waals surface area contributed by atoms with Gasteiger partial charge < -0.3 is 5.32 Å². The number of rotatable bonds is 4. The van der Waals surface area contributed by atoms with E-state index in [4.69, 9.17) is 0 Å². The van der Waals surface area contributed by atoms with E-state index in [1.807, 2.05) is 13.0 Å². The number of nitrogens with one attached hydrogen (secondary N) is 1. The standard InChI is InChI=1S/C18H23FN2/c1-3-10-20-16-11-15(13-6-4-5-7-13)21-18-14(19)9-8-12(2)17(16)18/h8-9,11,13H,3-7,10H2,1-2H3,(H,20,21). The lowest BCUT2D eigenvalue weighted by Crippen LogP contribution is -2.06. The summed E-state index contributed by atoms with van der Waals surface area (Å²) in [6, 6.07) is 5.53. The van der Waals surface area contributed by atoms with Gasteiger partial charge in [0.1, 0.15) is 11.3 Å². The SMILES string of the molecule is CCCNc1cc(C2CCCC2)nc2c(F)ccc(C)c12. The summed E-state index contributed by atoms with van der Waals surface area (Å²) in [5, 5.41) is 4.40. The molecule has 21 heavy (non-hydrogen) atoms. The van der Waals surface area contributed by atoms with E-state index in [2.05, 4.69) is 23.3 Å². The lowest BCUT2D eigenvalue weighted by atomic mass is 9.99. The van der Waals surface area contributed by atoms with Crippen LogP contribution in [0.3, 0.4) is 0 Å². The molecule has 1 saturated carbocycles. The maximum Gasteiger partial charge on any atom is 0.149 e. The number of aryl methyl sites for hydroxylation is 1. The summed E-state index contributed by atoms with van der Waals surface area (Å²) in [5.74, 6) is 0.284. The van der Waals surface area contributed by atoms with Crippen molar-refractivity contribution >= 4 is 16.6 Å². The number of aromatic nitrogens is 1. The first kappa shape index (κ1) is 14.3. The summed E-state index contributed by atoms with van der Waals surface area (Å²) in [4.78, 5) is 4.67. The van der Waals surface area contributed by atoms with Crippen LogP contribution >= 0.6 is 0 Å². The second-order valence-corrected chi connectivity index (χ2v) is 6.09. The Morgan fingerprint density at radius 2 is 2.05 bits per heavy atom. The predicted molar refractivity (Wildman–Crippen MR) is 86.4 cm³/mol. The number of hydrogen-bond donors (Lipinski definition) is 1. The molecule has 1 aromatic heterocycles. The summed E-state index contributed by atoms with van der Waals surface area (Å²) < 4.78 is 14.2. The van der Waals surface area contributed by atoms with Gasteiger partial charge in [0.15, 0.2) is 0 Å². The van der Waals surface area contributed by atoms with Crippen LogP contribution in [0, 0.1) is 12.7 Å². The van der Waals surface area contributed by atoms with Gasteiger partial charge in [0.25, 0.3) is 0 Å². The van der Waals surface area contributed by atoms with Gasteiger partial charge in [-0.3, -0.25) is 0 Å². The van der Waals surface area contributed by atoms with E-state index in [1.165, 1.54) is 31.7 Å². The Morgan fingerprint density at radius 1 is 1.29 bits per heavy atom. The Morgan fingerprint density at radius 3 is 2.76 bits per heavy atom. The highest BCUT2D eigenvalue weighted by Gasteiger charge is 2.21. The molecule has 1 aliphatic rings. The van der Waals surface area contributed by atoms with Crippen LogP contribution in [0.25, 0.3) is 10.9 Å². The first-order valence-electron chi connectivity index (χ1n) is 8.04. The summed E-state index contributed by atoms with van der Waals surface area (Å²) in [6.45, 7) is 5.07. The number of hydrogen-bond acceptors (Lipinski definition) is 2. The first-order chi connectivity index (χ1) is 10.2. The maximum absolute atomic E-state index is 14.2. The van der Waals surface area contributed by atoms with E-state index in [0.29, 0.717) is 11.4 Å². The largest absolute Gasteiger partial charge is 0.384 e. The minimum absolute atomic E-state index is 0.213. The second kappa shape index (κ2) is 6.00. The second-order valence-electron chi connectivity index (χ2n) is 6.09. The molecule has 0 radical (unpaired) electrons. The van der Waals surface area contributed by atoms with Gasteiger partial charge in [-0.1, -0.05) is 25.8 Å². The van der Waals surface area contributed by atoms with Crippen molar-refractivity contribution < 1.29 is 4.39 Å². The third-order valence-corrected chi connectivity index (χ3v) is 4.48. The first-order valence-corrected chi connectivity index (χ1v) is 8.04. The van der Waals surface area contributed by atoms with E-state index >= 15 is 0 Å². The minimum Gasteiger partial charge on any atom is -0.384 e. The highest BCUT2D eigenvalue weighted by atomic mass is 19.1. The molecule has 2 aromatic rings. The molecular weight excluding hydrogens is 263 g/mol.